The summed E-state index contributed by atoms with van der Waals surface area (Å²) in [5.74, 6) is 0.896. The molecule has 0 radical (unpaired) electrons. The zero-order valence-corrected chi connectivity index (χ0v) is 15.4. The zero-order chi connectivity index (χ0) is 17.6. The van der Waals surface area contributed by atoms with Crippen LogP contribution in [0.3, 0.4) is 0 Å². The maximum Gasteiger partial charge on any atom is 0.251 e. The molecule has 0 saturated heterocycles. The van der Waals surface area contributed by atoms with Crippen molar-refractivity contribution in [3.63, 3.8) is 0 Å². The van der Waals surface area contributed by atoms with E-state index in [0.29, 0.717) is 30.2 Å². The van der Waals surface area contributed by atoms with Gasteiger partial charge in [0, 0.05) is 22.0 Å². The van der Waals surface area contributed by atoms with Gasteiger partial charge in [-0.05, 0) is 25.1 Å². The summed E-state index contributed by atoms with van der Waals surface area (Å²) >= 11 is 3.04. The second-order valence-electron chi connectivity index (χ2n) is 5.20. The quantitative estimate of drug-likeness (QED) is 0.685. The van der Waals surface area contributed by atoms with Gasteiger partial charge in [0.2, 0.25) is 0 Å². The van der Waals surface area contributed by atoms with Gasteiger partial charge >= 0.3 is 0 Å². The molecule has 0 aliphatic carbocycles. The van der Waals surface area contributed by atoms with E-state index in [1.165, 1.54) is 22.7 Å². The lowest BCUT2D eigenvalue weighted by molar-refractivity contribution is 0.0950. The van der Waals surface area contributed by atoms with Crippen molar-refractivity contribution in [3.05, 3.63) is 56.4 Å². The van der Waals surface area contributed by atoms with Crippen LogP contribution in [0.2, 0.25) is 0 Å². The van der Waals surface area contributed by atoms with Gasteiger partial charge in [-0.15, -0.1) is 22.7 Å². The average molecular weight is 375 g/mol. The fraction of sp³-hybridized carbons (Fsp3) is 0.235. The Balaban J connectivity index is 1.64. The standard InChI is InChI=1S/C17H17N3O3S2/c1-11-8-25-16(20-11)6-18-17(21)12-3-4-14(15(5-12)22-2)23-7-13-9-24-10-19-13/h3-5,8-10H,6-7H2,1-2H3,(H,18,21). The highest BCUT2D eigenvalue weighted by Crippen LogP contribution is 2.29. The Bertz CT molecular complexity index is 847. The van der Waals surface area contributed by atoms with Gasteiger partial charge in [-0.1, -0.05) is 0 Å². The first-order valence-electron chi connectivity index (χ1n) is 7.53. The molecule has 0 spiro atoms. The van der Waals surface area contributed by atoms with Crippen LogP contribution >= 0.6 is 22.7 Å². The number of aryl methyl sites for hydroxylation is 1. The molecule has 8 heteroatoms. The molecule has 130 valence electrons. The minimum atomic E-state index is -0.183. The van der Waals surface area contributed by atoms with E-state index in [-0.39, 0.29) is 5.91 Å². The zero-order valence-electron chi connectivity index (χ0n) is 13.8. The number of ether oxygens (including phenoxy) is 2. The molecule has 1 aromatic carbocycles. The van der Waals surface area contributed by atoms with E-state index in [2.05, 4.69) is 15.3 Å². The van der Waals surface area contributed by atoms with Crippen LogP contribution in [0.25, 0.3) is 0 Å². The van der Waals surface area contributed by atoms with Crippen LogP contribution < -0.4 is 14.8 Å². The highest BCUT2D eigenvalue weighted by molar-refractivity contribution is 7.09. The topological polar surface area (TPSA) is 73.3 Å². The molecular formula is C17H17N3O3S2. The van der Waals surface area contributed by atoms with Crippen molar-refractivity contribution in [2.24, 2.45) is 0 Å². The number of hydrogen-bond donors (Lipinski definition) is 1. The Hall–Kier alpha value is -2.45. The summed E-state index contributed by atoms with van der Waals surface area (Å²) in [4.78, 5) is 20.8. The largest absolute Gasteiger partial charge is 0.493 e. The number of rotatable bonds is 7. The number of methoxy groups -OCH3 is 1. The van der Waals surface area contributed by atoms with Gasteiger partial charge in [0.15, 0.2) is 11.5 Å². The second kappa shape index (κ2) is 8.09. The summed E-state index contributed by atoms with van der Waals surface area (Å²) in [7, 11) is 1.55. The number of hydrogen-bond acceptors (Lipinski definition) is 7. The molecule has 0 fully saturated rings. The highest BCUT2D eigenvalue weighted by Gasteiger charge is 2.12. The van der Waals surface area contributed by atoms with Gasteiger partial charge in [0.25, 0.3) is 5.91 Å². The fourth-order valence-electron chi connectivity index (χ4n) is 2.13. The van der Waals surface area contributed by atoms with Crippen LogP contribution in [0.4, 0.5) is 0 Å². The summed E-state index contributed by atoms with van der Waals surface area (Å²) in [6.07, 6.45) is 0. The molecule has 0 bridgehead atoms. The van der Waals surface area contributed by atoms with Crippen LogP contribution in [0.5, 0.6) is 11.5 Å². The maximum absolute atomic E-state index is 12.3. The lowest BCUT2D eigenvalue weighted by Crippen LogP contribution is -2.22. The van der Waals surface area contributed by atoms with E-state index in [4.69, 9.17) is 9.47 Å². The van der Waals surface area contributed by atoms with Crippen LogP contribution in [0, 0.1) is 6.92 Å². The SMILES string of the molecule is COc1cc(C(=O)NCc2nc(C)cs2)ccc1OCc1cscn1. The van der Waals surface area contributed by atoms with Crippen LogP contribution in [0.15, 0.2) is 34.5 Å². The molecule has 2 aromatic heterocycles. The first kappa shape index (κ1) is 17.4. The van der Waals surface area contributed by atoms with Gasteiger partial charge < -0.3 is 14.8 Å². The summed E-state index contributed by atoms with van der Waals surface area (Å²) in [6, 6.07) is 5.10. The Kier molecular flexibility index (Phi) is 5.62. The van der Waals surface area contributed by atoms with E-state index >= 15 is 0 Å². The van der Waals surface area contributed by atoms with Crippen LogP contribution in [-0.2, 0) is 13.2 Å². The first-order chi connectivity index (χ1) is 12.2. The summed E-state index contributed by atoms with van der Waals surface area (Å²) < 4.78 is 11.1. The number of carbonyl (C=O) groups is 1. The average Bonchev–Trinajstić information content (AvgIpc) is 3.29. The predicted molar refractivity (Wildman–Crippen MR) is 97.5 cm³/mol. The van der Waals surface area contributed by atoms with Crippen molar-refractivity contribution in [2.75, 3.05) is 7.11 Å². The number of carbonyl (C=O) groups excluding carboxylic acids is 1. The number of nitrogens with zero attached hydrogens (tertiary/aromatic N) is 2. The Morgan fingerprint density at radius 2 is 2.16 bits per heavy atom. The van der Waals surface area contributed by atoms with Crippen molar-refractivity contribution in [3.8, 4) is 11.5 Å². The highest BCUT2D eigenvalue weighted by atomic mass is 32.1. The molecule has 0 saturated carbocycles. The predicted octanol–water partition coefficient (Wildman–Crippen LogP) is 3.43. The molecule has 2 heterocycles. The number of amides is 1. The van der Waals surface area contributed by atoms with E-state index < -0.39 is 0 Å². The summed E-state index contributed by atoms with van der Waals surface area (Å²) in [5.41, 5.74) is 4.07. The molecule has 25 heavy (non-hydrogen) atoms. The molecule has 0 atom stereocenters. The van der Waals surface area contributed by atoms with Gasteiger partial charge in [-0.25, -0.2) is 9.97 Å². The van der Waals surface area contributed by atoms with Crippen molar-refractivity contribution in [2.45, 2.75) is 20.1 Å². The summed E-state index contributed by atoms with van der Waals surface area (Å²) in [5, 5.41) is 7.62. The van der Waals surface area contributed by atoms with E-state index in [1.807, 2.05) is 17.7 Å². The Morgan fingerprint density at radius 1 is 1.28 bits per heavy atom. The van der Waals surface area contributed by atoms with Crippen LogP contribution in [0.1, 0.15) is 26.8 Å². The lowest BCUT2D eigenvalue weighted by Gasteiger charge is -2.11. The molecule has 6 nitrogen and oxygen atoms in total. The number of aromatic nitrogens is 2. The third kappa shape index (κ3) is 4.55. The molecule has 3 rings (SSSR count). The van der Waals surface area contributed by atoms with E-state index in [1.54, 1.807) is 30.8 Å². The maximum atomic E-state index is 12.3. The van der Waals surface area contributed by atoms with Crippen LogP contribution in [-0.4, -0.2) is 23.0 Å². The van der Waals surface area contributed by atoms with E-state index in [0.717, 1.165) is 16.4 Å². The second-order valence-corrected chi connectivity index (χ2v) is 6.86. The molecule has 0 unspecified atom stereocenters. The smallest absolute Gasteiger partial charge is 0.251 e. The van der Waals surface area contributed by atoms with Gasteiger partial charge in [0.1, 0.15) is 11.6 Å². The molecule has 3 aromatic rings. The third-order valence-electron chi connectivity index (χ3n) is 3.35. The first-order valence-corrected chi connectivity index (χ1v) is 9.35. The van der Waals surface area contributed by atoms with Crippen molar-refractivity contribution in [1.29, 1.82) is 0 Å². The monoisotopic (exact) mass is 375 g/mol. The van der Waals surface area contributed by atoms with Crippen molar-refractivity contribution < 1.29 is 14.3 Å². The molecule has 0 aliphatic rings. The van der Waals surface area contributed by atoms with Crippen molar-refractivity contribution in [1.82, 2.24) is 15.3 Å². The van der Waals surface area contributed by atoms with Gasteiger partial charge in [-0.3, -0.25) is 4.79 Å². The number of thiazole rings is 2. The minimum absolute atomic E-state index is 0.183. The molecule has 1 N–H and O–H groups in total. The summed E-state index contributed by atoms with van der Waals surface area (Å²) in [6.45, 7) is 2.69. The Morgan fingerprint density at radius 3 is 2.84 bits per heavy atom. The number of benzene rings is 1. The normalized spacial score (nSPS) is 10.5. The fourth-order valence-corrected chi connectivity index (χ4v) is 3.39. The molecule has 0 aliphatic heterocycles. The van der Waals surface area contributed by atoms with Gasteiger partial charge in [-0.2, -0.15) is 0 Å². The molecule has 1 amide bonds. The Labute approximate surface area is 153 Å². The minimum Gasteiger partial charge on any atom is -0.493 e. The van der Waals surface area contributed by atoms with Crippen molar-refractivity contribution >= 4 is 28.6 Å². The molecular weight excluding hydrogens is 358 g/mol. The number of nitrogens with one attached hydrogen (secondary N) is 1. The van der Waals surface area contributed by atoms with E-state index in [9.17, 15) is 4.79 Å². The third-order valence-corrected chi connectivity index (χ3v) is 4.95. The van der Waals surface area contributed by atoms with Gasteiger partial charge in [0.05, 0.1) is 24.9 Å². The lowest BCUT2D eigenvalue weighted by atomic mass is 10.2.